The Bertz CT molecular complexity index is 1350. The largest absolute Gasteiger partial charge is 0.497 e. The van der Waals surface area contributed by atoms with Crippen molar-refractivity contribution in [3.8, 4) is 11.5 Å². The quantitative estimate of drug-likeness (QED) is 0.183. The summed E-state index contributed by atoms with van der Waals surface area (Å²) in [6.45, 7) is 10.5. The zero-order valence-electron chi connectivity index (χ0n) is 27.0. The van der Waals surface area contributed by atoms with E-state index < -0.39 is 11.9 Å². The van der Waals surface area contributed by atoms with Crippen LogP contribution in [-0.2, 0) is 11.3 Å². The van der Waals surface area contributed by atoms with Crippen LogP contribution in [0.2, 0.25) is 0 Å². The average molecular weight is 623 g/mol. The number of benzene rings is 2. The van der Waals surface area contributed by atoms with E-state index in [4.69, 9.17) is 14.2 Å². The van der Waals surface area contributed by atoms with Gasteiger partial charge >= 0.3 is 6.09 Å². The van der Waals surface area contributed by atoms with Crippen LogP contribution in [-0.4, -0.2) is 86.0 Å². The standard InChI is InChI=1S/C34H47FN6O4/c1-26(2)9-5-6-21-45-34(42)41(25-27-10-7-11-29(23-27)43-4)32-14-15-36-33(38-32)37-28-12-13-31(30(35)24-28)44-22-8-16-40-19-17-39(3)18-20-40/h7,10-15,23-24,26H,5-6,8-9,16-22,25H2,1-4H3,(H,36,37,38). The van der Waals surface area contributed by atoms with Crippen molar-refractivity contribution in [2.24, 2.45) is 5.92 Å². The Balaban J connectivity index is 1.38. The number of hydrogen-bond acceptors (Lipinski definition) is 9. The van der Waals surface area contributed by atoms with Gasteiger partial charge in [-0.3, -0.25) is 4.90 Å². The molecule has 0 bridgehead atoms. The summed E-state index contributed by atoms with van der Waals surface area (Å²) in [5.41, 5.74) is 1.31. The topological polar surface area (TPSA) is 92.3 Å². The Morgan fingerprint density at radius 1 is 1.04 bits per heavy atom. The number of aromatic nitrogens is 2. The van der Waals surface area contributed by atoms with Crippen LogP contribution in [0.1, 0.15) is 45.1 Å². The number of ether oxygens (including phenoxy) is 3. The number of rotatable bonds is 16. The molecule has 0 radical (unpaired) electrons. The molecule has 0 unspecified atom stereocenters. The molecule has 11 heteroatoms. The van der Waals surface area contributed by atoms with Crippen molar-refractivity contribution in [3.05, 3.63) is 66.1 Å². The third-order valence-corrected chi connectivity index (χ3v) is 7.67. The van der Waals surface area contributed by atoms with Crippen LogP contribution in [0, 0.1) is 11.7 Å². The van der Waals surface area contributed by atoms with Gasteiger partial charge in [-0.15, -0.1) is 0 Å². The maximum atomic E-state index is 14.9. The van der Waals surface area contributed by atoms with Gasteiger partial charge in [0.25, 0.3) is 0 Å². The van der Waals surface area contributed by atoms with Crippen molar-refractivity contribution >= 4 is 23.5 Å². The summed E-state index contributed by atoms with van der Waals surface area (Å²) in [6, 6.07) is 13.8. The Labute approximate surface area is 266 Å². The van der Waals surface area contributed by atoms with Crippen LogP contribution in [0.3, 0.4) is 0 Å². The summed E-state index contributed by atoms with van der Waals surface area (Å²) in [6.07, 6.45) is 4.72. The minimum absolute atomic E-state index is 0.203. The normalized spacial score (nSPS) is 13.9. The van der Waals surface area contributed by atoms with Gasteiger partial charge in [0.05, 0.1) is 26.9 Å². The van der Waals surface area contributed by atoms with Crippen molar-refractivity contribution in [2.45, 2.75) is 46.1 Å². The minimum atomic E-state index is -0.507. The molecular weight excluding hydrogens is 575 g/mol. The summed E-state index contributed by atoms with van der Waals surface area (Å²) in [5.74, 6) is 1.58. The maximum Gasteiger partial charge on any atom is 0.415 e. The van der Waals surface area contributed by atoms with Crippen molar-refractivity contribution < 1.29 is 23.4 Å². The second-order valence-corrected chi connectivity index (χ2v) is 11.8. The SMILES string of the molecule is COc1cccc(CN(C(=O)OCCCCC(C)C)c2ccnc(Nc3ccc(OCCCN4CCN(C)CC4)c(F)c3)n2)c1. The van der Waals surface area contributed by atoms with E-state index in [2.05, 4.69) is 46.0 Å². The molecule has 45 heavy (non-hydrogen) atoms. The number of likely N-dealkylation sites (N-methyl/N-ethyl adjacent to an activating group) is 1. The highest BCUT2D eigenvalue weighted by molar-refractivity contribution is 5.86. The van der Waals surface area contributed by atoms with Crippen molar-refractivity contribution in [3.63, 3.8) is 0 Å². The van der Waals surface area contributed by atoms with Crippen LogP contribution in [0.15, 0.2) is 54.7 Å². The first kappa shape index (κ1) is 33.9. The van der Waals surface area contributed by atoms with E-state index in [1.54, 1.807) is 31.5 Å². The summed E-state index contributed by atoms with van der Waals surface area (Å²) in [7, 11) is 3.73. The number of amides is 1. The Morgan fingerprint density at radius 3 is 2.62 bits per heavy atom. The summed E-state index contributed by atoms with van der Waals surface area (Å²) < 4.78 is 31.6. The number of piperazine rings is 1. The third kappa shape index (κ3) is 11.2. The van der Waals surface area contributed by atoms with Gasteiger partial charge in [-0.2, -0.15) is 4.98 Å². The molecule has 1 fully saturated rings. The number of hydrogen-bond donors (Lipinski definition) is 1. The van der Waals surface area contributed by atoms with E-state index in [1.165, 1.54) is 11.0 Å². The molecule has 4 rings (SSSR count). The molecule has 0 atom stereocenters. The lowest BCUT2D eigenvalue weighted by atomic mass is 10.1. The van der Waals surface area contributed by atoms with Gasteiger partial charge < -0.3 is 29.3 Å². The van der Waals surface area contributed by atoms with Gasteiger partial charge in [0.1, 0.15) is 11.6 Å². The van der Waals surface area contributed by atoms with E-state index in [-0.39, 0.29) is 18.2 Å². The number of nitrogens with zero attached hydrogens (tertiary/aromatic N) is 5. The highest BCUT2D eigenvalue weighted by atomic mass is 19.1. The third-order valence-electron chi connectivity index (χ3n) is 7.67. The highest BCUT2D eigenvalue weighted by Crippen LogP contribution is 2.25. The number of nitrogens with one attached hydrogen (secondary N) is 1. The first-order chi connectivity index (χ1) is 21.8. The molecule has 10 nitrogen and oxygen atoms in total. The van der Waals surface area contributed by atoms with Gasteiger partial charge in [0, 0.05) is 50.7 Å². The number of carbonyl (C=O) groups excluding carboxylic acids is 1. The summed E-state index contributed by atoms with van der Waals surface area (Å²) in [4.78, 5) is 28.3. The van der Waals surface area contributed by atoms with E-state index in [9.17, 15) is 9.18 Å². The fourth-order valence-corrected chi connectivity index (χ4v) is 5.01. The predicted octanol–water partition coefficient (Wildman–Crippen LogP) is 6.35. The molecule has 0 aliphatic carbocycles. The lowest BCUT2D eigenvalue weighted by molar-refractivity contribution is 0.145. The maximum absolute atomic E-state index is 14.9. The van der Waals surface area contributed by atoms with E-state index in [0.29, 0.717) is 36.4 Å². The van der Waals surface area contributed by atoms with Gasteiger partial charge in [0.2, 0.25) is 5.95 Å². The molecule has 1 aliphatic heterocycles. The molecule has 1 amide bonds. The van der Waals surface area contributed by atoms with Crippen LogP contribution < -0.4 is 19.7 Å². The smallest absolute Gasteiger partial charge is 0.415 e. The molecule has 1 N–H and O–H groups in total. The van der Waals surface area contributed by atoms with E-state index >= 15 is 0 Å². The molecule has 2 heterocycles. The monoisotopic (exact) mass is 622 g/mol. The fraction of sp³-hybridized carbons (Fsp3) is 0.500. The van der Waals surface area contributed by atoms with E-state index in [1.807, 2.05) is 24.3 Å². The molecule has 1 aliphatic rings. The van der Waals surface area contributed by atoms with Gasteiger partial charge in [-0.05, 0) is 68.1 Å². The lowest BCUT2D eigenvalue weighted by Gasteiger charge is -2.32. The Hall–Kier alpha value is -3.96. The number of anilines is 3. The average Bonchev–Trinajstić information content (AvgIpc) is 3.03. The summed E-state index contributed by atoms with van der Waals surface area (Å²) >= 11 is 0. The number of halogens is 1. The number of unbranched alkanes of at least 4 members (excludes halogenated alkanes) is 1. The molecule has 244 valence electrons. The van der Waals surface area contributed by atoms with Crippen LogP contribution in [0.4, 0.5) is 26.6 Å². The fourth-order valence-electron chi connectivity index (χ4n) is 5.01. The van der Waals surface area contributed by atoms with E-state index in [0.717, 1.165) is 64.0 Å². The zero-order chi connectivity index (χ0) is 32.0. The number of methoxy groups -OCH3 is 1. The number of carbonyl (C=O) groups is 1. The lowest BCUT2D eigenvalue weighted by Crippen LogP contribution is -2.44. The second-order valence-electron chi connectivity index (χ2n) is 11.8. The van der Waals surface area contributed by atoms with Crippen LogP contribution in [0.25, 0.3) is 0 Å². The van der Waals surface area contributed by atoms with Crippen LogP contribution >= 0.6 is 0 Å². The predicted molar refractivity (Wildman–Crippen MR) is 175 cm³/mol. The Morgan fingerprint density at radius 2 is 1.87 bits per heavy atom. The molecule has 3 aromatic rings. The molecule has 0 spiro atoms. The van der Waals surface area contributed by atoms with Crippen molar-refractivity contribution in [1.82, 2.24) is 19.8 Å². The molecule has 0 saturated carbocycles. The van der Waals surface area contributed by atoms with Gasteiger partial charge in [-0.25, -0.2) is 14.2 Å². The summed E-state index contributed by atoms with van der Waals surface area (Å²) in [5, 5.41) is 3.05. The van der Waals surface area contributed by atoms with Crippen molar-refractivity contribution in [1.29, 1.82) is 0 Å². The molecular formula is C34H47FN6O4. The second kappa shape index (κ2) is 17.5. The molecule has 2 aromatic carbocycles. The zero-order valence-corrected chi connectivity index (χ0v) is 27.0. The van der Waals surface area contributed by atoms with Gasteiger partial charge in [-0.1, -0.05) is 32.4 Å². The van der Waals surface area contributed by atoms with Crippen LogP contribution in [0.5, 0.6) is 11.5 Å². The van der Waals surface area contributed by atoms with Gasteiger partial charge in [0.15, 0.2) is 11.6 Å². The first-order valence-corrected chi connectivity index (χ1v) is 15.8. The molecule has 1 aromatic heterocycles. The minimum Gasteiger partial charge on any atom is -0.497 e. The Kier molecular flexibility index (Phi) is 13.2. The highest BCUT2D eigenvalue weighted by Gasteiger charge is 2.21. The molecule has 1 saturated heterocycles. The first-order valence-electron chi connectivity index (χ1n) is 15.8. The van der Waals surface area contributed by atoms with Crippen molar-refractivity contribution in [2.75, 3.05) is 70.3 Å².